The fourth-order valence-corrected chi connectivity index (χ4v) is 1.35. The molecule has 0 spiro atoms. The van der Waals surface area contributed by atoms with Crippen LogP contribution in [0.25, 0.3) is 0 Å². The molecule has 5 heteroatoms. The summed E-state index contributed by atoms with van der Waals surface area (Å²) in [4.78, 5) is 22.8. The Balaban J connectivity index is 4.57. The summed E-state index contributed by atoms with van der Waals surface area (Å²) in [7, 11) is 0. The zero-order valence-corrected chi connectivity index (χ0v) is 11.3. The smallest absolute Gasteiger partial charge is 0.326 e. The lowest BCUT2D eigenvalue weighted by atomic mass is 9.86. The summed E-state index contributed by atoms with van der Waals surface area (Å²) >= 11 is 0. The van der Waals surface area contributed by atoms with Crippen LogP contribution < -0.4 is 11.1 Å². The first-order chi connectivity index (χ1) is 7.55. The summed E-state index contributed by atoms with van der Waals surface area (Å²) in [6.45, 7) is 9.35. The van der Waals surface area contributed by atoms with Gasteiger partial charge >= 0.3 is 5.97 Å². The highest BCUT2D eigenvalue weighted by molar-refractivity contribution is 5.87. The van der Waals surface area contributed by atoms with Gasteiger partial charge in [0, 0.05) is 0 Å². The van der Waals surface area contributed by atoms with Gasteiger partial charge in [-0.1, -0.05) is 34.6 Å². The van der Waals surface area contributed by atoms with Crippen molar-refractivity contribution >= 4 is 11.9 Å². The average molecular weight is 244 g/mol. The fourth-order valence-electron chi connectivity index (χ4n) is 1.35. The summed E-state index contributed by atoms with van der Waals surface area (Å²) in [5.41, 5.74) is 5.38. The molecule has 0 aliphatic heterocycles. The average Bonchev–Trinajstić information content (AvgIpc) is 2.13. The maximum absolute atomic E-state index is 11.8. The predicted molar refractivity (Wildman–Crippen MR) is 66.5 cm³/mol. The van der Waals surface area contributed by atoms with Crippen LogP contribution in [-0.4, -0.2) is 29.1 Å². The molecule has 5 nitrogen and oxygen atoms in total. The van der Waals surface area contributed by atoms with Crippen LogP contribution in [0.5, 0.6) is 0 Å². The lowest BCUT2D eigenvalue weighted by Gasteiger charge is -2.27. The Kier molecular flexibility index (Phi) is 5.61. The second-order valence-corrected chi connectivity index (χ2v) is 5.87. The zero-order valence-electron chi connectivity index (χ0n) is 11.3. The van der Waals surface area contributed by atoms with Gasteiger partial charge in [-0.15, -0.1) is 0 Å². The zero-order chi connectivity index (χ0) is 13.8. The molecule has 0 aliphatic rings. The van der Waals surface area contributed by atoms with Crippen molar-refractivity contribution in [1.29, 1.82) is 0 Å². The number of rotatable bonds is 5. The fraction of sp³-hybridized carbons (Fsp3) is 0.833. The molecule has 0 aliphatic carbocycles. The summed E-state index contributed by atoms with van der Waals surface area (Å²) in [6, 6.07) is -1.58. The van der Waals surface area contributed by atoms with E-state index in [0.717, 1.165) is 0 Å². The molecule has 2 atom stereocenters. The third kappa shape index (κ3) is 5.68. The van der Waals surface area contributed by atoms with Gasteiger partial charge in [0.05, 0.1) is 6.04 Å². The van der Waals surface area contributed by atoms with Crippen LogP contribution in [0.1, 0.15) is 41.0 Å². The first-order valence-corrected chi connectivity index (χ1v) is 5.84. The monoisotopic (exact) mass is 244 g/mol. The van der Waals surface area contributed by atoms with Gasteiger partial charge in [-0.3, -0.25) is 4.79 Å². The van der Waals surface area contributed by atoms with E-state index >= 15 is 0 Å². The summed E-state index contributed by atoms with van der Waals surface area (Å²) in [5, 5.41) is 11.5. The van der Waals surface area contributed by atoms with Crippen LogP contribution >= 0.6 is 0 Å². The highest BCUT2D eigenvalue weighted by Crippen LogP contribution is 2.17. The normalized spacial score (nSPS) is 15.5. The van der Waals surface area contributed by atoms with E-state index in [0.29, 0.717) is 6.42 Å². The molecule has 4 N–H and O–H groups in total. The Morgan fingerprint density at radius 2 is 1.76 bits per heavy atom. The molecule has 0 aromatic heterocycles. The van der Waals surface area contributed by atoms with Crippen molar-refractivity contribution in [2.24, 2.45) is 17.1 Å². The molecule has 100 valence electrons. The van der Waals surface area contributed by atoms with Gasteiger partial charge in [0.15, 0.2) is 0 Å². The van der Waals surface area contributed by atoms with E-state index in [1.165, 1.54) is 0 Å². The standard InChI is InChI=1S/C12H24N2O3/c1-7(2)6-8(11(16)17)14-10(15)9(13)12(3,4)5/h7-9H,6,13H2,1-5H3,(H,14,15)(H,16,17)/t8-,9+/m1/s1. The number of carboxylic acids is 1. The molecule has 0 radical (unpaired) electrons. The van der Waals surface area contributed by atoms with Gasteiger partial charge in [0.25, 0.3) is 0 Å². The quantitative estimate of drug-likeness (QED) is 0.672. The van der Waals surface area contributed by atoms with Crippen molar-refractivity contribution in [2.45, 2.75) is 53.1 Å². The Hall–Kier alpha value is -1.10. The lowest BCUT2D eigenvalue weighted by Crippen LogP contribution is -2.53. The van der Waals surface area contributed by atoms with Crippen molar-refractivity contribution in [1.82, 2.24) is 5.32 Å². The van der Waals surface area contributed by atoms with Gasteiger partial charge in [-0.25, -0.2) is 4.79 Å². The minimum absolute atomic E-state index is 0.197. The summed E-state index contributed by atoms with van der Waals surface area (Å²) in [6.07, 6.45) is 0.401. The van der Waals surface area contributed by atoms with Crippen molar-refractivity contribution < 1.29 is 14.7 Å². The van der Waals surface area contributed by atoms with Gasteiger partial charge < -0.3 is 16.2 Å². The number of amides is 1. The minimum atomic E-state index is -1.02. The second-order valence-electron chi connectivity index (χ2n) is 5.87. The minimum Gasteiger partial charge on any atom is -0.480 e. The molecule has 1 amide bonds. The summed E-state index contributed by atoms with van der Waals surface area (Å²) < 4.78 is 0. The van der Waals surface area contributed by atoms with E-state index in [4.69, 9.17) is 10.8 Å². The number of nitrogens with one attached hydrogen (secondary N) is 1. The van der Waals surface area contributed by atoms with Gasteiger partial charge in [0.1, 0.15) is 6.04 Å². The van der Waals surface area contributed by atoms with E-state index in [2.05, 4.69) is 5.32 Å². The van der Waals surface area contributed by atoms with Gasteiger partial charge in [-0.05, 0) is 17.8 Å². The molecule has 0 bridgehead atoms. The predicted octanol–water partition coefficient (Wildman–Crippen LogP) is 0.975. The van der Waals surface area contributed by atoms with Crippen molar-refractivity contribution in [3.05, 3.63) is 0 Å². The van der Waals surface area contributed by atoms with Crippen LogP contribution in [0.15, 0.2) is 0 Å². The number of carbonyl (C=O) groups excluding carboxylic acids is 1. The Bertz CT molecular complexity index is 282. The molecule has 0 saturated heterocycles. The van der Waals surface area contributed by atoms with E-state index in [1.54, 1.807) is 0 Å². The number of carboxylic acid groups (broad SMARTS) is 1. The number of aliphatic carboxylic acids is 1. The van der Waals surface area contributed by atoms with Crippen LogP contribution in [0.4, 0.5) is 0 Å². The third-order valence-corrected chi connectivity index (χ3v) is 2.54. The molecule has 0 aromatic rings. The molecule has 17 heavy (non-hydrogen) atoms. The number of hydrogen-bond donors (Lipinski definition) is 3. The van der Waals surface area contributed by atoms with Crippen molar-refractivity contribution in [2.75, 3.05) is 0 Å². The largest absolute Gasteiger partial charge is 0.480 e. The Morgan fingerprint density at radius 1 is 1.29 bits per heavy atom. The van der Waals surface area contributed by atoms with Crippen LogP contribution in [0, 0.1) is 11.3 Å². The van der Waals surface area contributed by atoms with Crippen LogP contribution in [-0.2, 0) is 9.59 Å². The maximum atomic E-state index is 11.8. The highest BCUT2D eigenvalue weighted by Gasteiger charge is 2.30. The molecule has 0 aromatic carbocycles. The highest BCUT2D eigenvalue weighted by atomic mass is 16.4. The molecular weight excluding hydrogens is 220 g/mol. The third-order valence-electron chi connectivity index (χ3n) is 2.54. The molecule has 0 saturated carbocycles. The Morgan fingerprint density at radius 3 is 2.06 bits per heavy atom. The number of nitrogens with two attached hydrogens (primary N) is 1. The number of hydrogen-bond acceptors (Lipinski definition) is 3. The topological polar surface area (TPSA) is 92.4 Å². The molecular formula is C12H24N2O3. The maximum Gasteiger partial charge on any atom is 0.326 e. The van der Waals surface area contributed by atoms with Gasteiger partial charge in [0.2, 0.25) is 5.91 Å². The van der Waals surface area contributed by atoms with Crippen molar-refractivity contribution in [3.8, 4) is 0 Å². The molecule has 0 fully saturated rings. The molecule has 0 unspecified atom stereocenters. The second kappa shape index (κ2) is 6.00. The first-order valence-electron chi connectivity index (χ1n) is 5.84. The number of carbonyl (C=O) groups is 2. The van der Waals surface area contributed by atoms with E-state index in [9.17, 15) is 9.59 Å². The molecule has 0 heterocycles. The van der Waals surface area contributed by atoms with E-state index in [-0.39, 0.29) is 11.3 Å². The van der Waals surface area contributed by atoms with Crippen LogP contribution in [0.3, 0.4) is 0 Å². The van der Waals surface area contributed by atoms with Gasteiger partial charge in [-0.2, -0.15) is 0 Å². The SMILES string of the molecule is CC(C)C[C@@H](NC(=O)[C@H](N)C(C)(C)C)C(=O)O. The Labute approximate surface area is 103 Å². The van der Waals surface area contributed by atoms with Crippen molar-refractivity contribution in [3.63, 3.8) is 0 Å². The van der Waals surface area contributed by atoms with E-state index in [1.807, 2.05) is 34.6 Å². The lowest BCUT2D eigenvalue weighted by molar-refractivity contribution is -0.142. The van der Waals surface area contributed by atoms with Crippen LogP contribution in [0.2, 0.25) is 0 Å². The molecule has 0 rings (SSSR count). The van der Waals surface area contributed by atoms with E-state index < -0.39 is 24.0 Å². The summed E-state index contributed by atoms with van der Waals surface area (Å²) in [5.74, 6) is -1.24. The first kappa shape index (κ1) is 15.9.